The van der Waals surface area contributed by atoms with Crippen molar-refractivity contribution in [3.63, 3.8) is 0 Å². The molecule has 0 saturated carbocycles. The van der Waals surface area contributed by atoms with Crippen molar-refractivity contribution < 1.29 is 27.5 Å². The molecule has 1 aliphatic heterocycles. The molecule has 0 spiro atoms. The molecule has 1 atom stereocenters. The first kappa shape index (κ1) is 20.2. The summed E-state index contributed by atoms with van der Waals surface area (Å²) in [5.41, 5.74) is 3.57. The zero-order valence-electron chi connectivity index (χ0n) is 16.9. The van der Waals surface area contributed by atoms with Crippen molar-refractivity contribution in [3.05, 3.63) is 76.0 Å². The molecule has 4 rings (SSSR count). The van der Waals surface area contributed by atoms with Crippen molar-refractivity contribution in [1.82, 2.24) is 5.32 Å². The lowest BCUT2D eigenvalue weighted by molar-refractivity contribution is -0.136. The van der Waals surface area contributed by atoms with Gasteiger partial charge in [0.05, 0.1) is 18.6 Å². The quantitative estimate of drug-likeness (QED) is 0.689. The Labute approximate surface area is 173 Å². The zero-order chi connectivity index (χ0) is 21.3. The molecule has 0 unspecified atom stereocenters. The van der Waals surface area contributed by atoms with E-state index in [2.05, 4.69) is 5.32 Å². The lowest BCUT2D eigenvalue weighted by Gasteiger charge is -2.33. The monoisotopic (exact) mass is 415 g/mol. The Balaban J connectivity index is 1.61. The van der Waals surface area contributed by atoms with Crippen LogP contribution in [0.15, 0.2) is 57.3 Å². The molecule has 7 heteroatoms. The van der Waals surface area contributed by atoms with Gasteiger partial charge in [-0.1, -0.05) is 0 Å². The lowest BCUT2D eigenvalue weighted by Crippen LogP contribution is -2.30. The predicted molar refractivity (Wildman–Crippen MR) is 105 cm³/mol. The first-order valence-electron chi connectivity index (χ1n) is 9.92. The summed E-state index contributed by atoms with van der Waals surface area (Å²) in [4.78, 5) is 12.5. The van der Waals surface area contributed by atoms with Crippen LogP contribution in [0.1, 0.15) is 50.0 Å². The van der Waals surface area contributed by atoms with E-state index in [4.69, 9.17) is 13.9 Å². The lowest BCUT2D eigenvalue weighted by atomic mass is 9.78. The summed E-state index contributed by atoms with van der Waals surface area (Å²) in [5, 5.41) is 3.37. The van der Waals surface area contributed by atoms with Gasteiger partial charge in [0, 0.05) is 17.5 Å². The number of methoxy groups -OCH3 is 1. The van der Waals surface area contributed by atoms with Gasteiger partial charge in [-0.3, -0.25) is 0 Å². The number of ether oxygens (including phenoxy) is 2. The minimum Gasteiger partial charge on any atom is -0.483 e. The molecule has 1 aromatic carbocycles. The summed E-state index contributed by atoms with van der Waals surface area (Å²) in [5.74, 6) is -1.13. The van der Waals surface area contributed by atoms with E-state index in [-0.39, 0.29) is 18.3 Å². The number of dihydropyridines is 1. The molecular formula is C23H23F2NO4. The highest BCUT2D eigenvalue weighted by Crippen LogP contribution is 2.44. The van der Waals surface area contributed by atoms with Gasteiger partial charge < -0.3 is 19.2 Å². The van der Waals surface area contributed by atoms with Gasteiger partial charge in [0.2, 0.25) is 0 Å². The topological polar surface area (TPSA) is 60.7 Å². The van der Waals surface area contributed by atoms with Crippen LogP contribution in [0.3, 0.4) is 0 Å². The molecule has 5 nitrogen and oxygen atoms in total. The van der Waals surface area contributed by atoms with Gasteiger partial charge in [-0.2, -0.15) is 0 Å². The summed E-state index contributed by atoms with van der Waals surface area (Å²) in [6.07, 6.45) is 3.94. The van der Waals surface area contributed by atoms with Crippen molar-refractivity contribution >= 4 is 5.97 Å². The Hall–Kier alpha value is -3.09. The molecule has 0 fully saturated rings. The molecule has 2 heterocycles. The van der Waals surface area contributed by atoms with E-state index < -0.39 is 17.6 Å². The fourth-order valence-corrected chi connectivity index (χ4v) is 4.14. The number of halogens is 2. The predicted octanol–water partition coefficient (Wildman–Crippen LogP) is 5.10. The van der Waals surface area contributed by atoms with Crippen LogP contribution in [-0.4, -0.2) is 13.1 Å². The van der Waals surface area contributed by atoms with Crippen molar-refractivity contribution in [2.24, 2.45) is 0 Å². The van der Waals surface area contributed by atoms with Crippen molar-refractivity contribution in [2.45, 2.75) is 45.1 Å². The molecule has 0 radical (unpaired) electrons. The van der Waals surface area contributed by atoms with Crippen LogP contribution in [0, 0.1) is 11.6 Å². The molecule has 1 aliphatic carbocycles. The van der Waals surface area contributed by atoms with E-state index in [1.54, 1.807) is 6.07 Å². The number of allylic oxidation sites excluding steroid dienone is 3. The molecule has 0 bridgehead atoms. The first-order chi connectivity index (χ1) is 14.5. The van der Waals surface area contributed by atoms with E-state index in [1.165, 1.54) is 13.2 Å². The molecule has 158 valence electrons. The number of nitrogens with one attached hydrogen (secondary N) is 1. The molecule has 0 saturated heterocycles. The zero-order valence-corrected chi connectivity index (χ0v) is 16.9. The van der Waals surface area contributed by atoms with Crippen LogP contribution in [0.2, 0.25) is 0 Å². The highest BCUT2D eigenvalue weighted by molar-refractivity contribution is 5.92. The molecular weight excluding hydrogens is 392 g/mol. The van der Waals surface area contributed by atoms with Crippen LogP contribution in [-0.2, 0) is 16.1 Å². The molecule has 30 heavy (non-hydrogen) atoms. The second-order valence-corrected chi connectivity index (χ2v) is 7.47. The summed E-state index contributed by atoms with van der Waals surface area (Å²) in [6, 6.07) is 6.69. The maximum Gasteiger partial charge on any atom is 0.336 e. The van der Waals surface area contributed by atoms with Crippen LogP contribution in [0.25, 0.3) is 0 Å². The molecule has 1 aromatic heterocycles. The number of hydrogen-bond acceptors (Lipinski definition) is 5. The summed E-state index contributed by atoms with van der Waals surface area (Å²) < 4.78 is 43.3. The van der Waals surface area contributed by atoms with E-state index in [1.807, 2.05) is 13.0 Å². The summed E-state index contributed by atoms with van der Waals surface area (Å²) in [7, 11) is 1.36. The molecule has 2 aliphatic rings. The van der Waals surface area contributed by atoms with Gasteiger partial charge in [-0.25, -0.2) is 13.6 Å². The smallest absolute Gasteiger partial charge is 0.336 e. The van der Waals surface area contributed by atoms with Crippen molar-refractivity contribution in [2.75, 3.05) is 7.11 Å². The number of carbonyl (C=O) groups is 1. The second-order valence-electron chi connectivity index (χ2n) is 7.47. The fourth-order valence-electron chi connectivity index (χ4n) is 4.14. The first-order valence-corrected chi connectivity index (χ1v) is 9.92. The molecule has 2 aromatic rings. The number of hydrogen-bond donors (Lipinski definition) is 1. The van der Waals surface area contributed by atoms with Crippen LogP contribution in [0.5, 0.6) is 5.75 Å². The highest BCUT2D eigenvalue weighted by atomic mass is 19.1. The third-order valence-electron chi connectivity index (χ3n) is 5.53. The van der Waals surface area contributed by atoms with Gasteiger partial charge in [-0.15, -0.1) is 0 Å². The summed E-state index contributed by atoms with van der Waals surface area (Å²) in [6.45, 7) is 1.84. The summed E-state index contributed by atoms with van der Waals surface area (Å²) >= 11 is 0. The number of carbonyl (C=O) groups excluding carboxylic acids is 1. The van der Waals surface area contributed by atoms with Crippen molar-refractivity contribution in [3.8, 4) is 5.75 Å². The van der Waals surface area contributed by atoms with Gasteiger partial charge >= 0.3 is 5.97 Å². The standard InChI is InChI=1S/C23H23F2NO4/c1-13-21(23(27)28-2)22(16-5-3-4-6-18(16)26-13)20-10-8-15(30-20)12-29-19-9-7-14(24)11-17(19)25/h7-11,22,26H,3-6,12H2,1-2H3/t22-/m0/s1. The second kappa shape index (κ2) is 8.34. The van der Waals surface area contributed by atoms with Crippen LogP contribution >= 0.6 is 0 Å². The Bertz CT molecular complexity index is 1040. The van der Waals surface area contributed by atoms with E-state index in [0.29, 0.717) is 17.1 Å². The largest absolute Gasteiger partial charge is 0.483 e. The molecule has 0 amide bonds. The molecule has 1 N–H and O–H groups in total. The third kappa shape index (κ3) is 3.84. The van der Waals surface area contributed by atoms with Gasteiger partial charge in [0.1, 0.15) is 23.9 Å². The SMILES string of the molecule is COC(=O)C1=C(C)NC2=C(CCCC2)[C@H]1c1ccc(COc2ccc(F)cc2F)o1. The van der Waals surface area contributed by atoms with Gasteiger partial charge in [0.15, 0.2) is 11.6 Å². The van der Waals surface area contributed by atoms with E-state index >= 15 is 0 Å². The van der Waals surface area contributed by atoms with Crippen molar-refractivity contribution in [1.29, 1.82) is 0 Å². The average molecular weight is 415 g/mol. The maximum absolute atomic E-state index is 13.8. The normalized spacial score (nSPS) is 18.7. The maximum atomic E-state index is 13.8. The Morgan fingerprint density at radius 1 is 1.20 bits per heavy atom. The average Bonchev–Trinajstić information content (AvgIpc) is 3.20. The van der Waals surface area contributed by atoms with Gasteiger partial charge in [0.25, 0.3) is 0 Å². The van der Waals surface area contributed by atoms with Crippen LogP contribution in [0.4, 0.5) is 8.78 Å². The Kier molecular flexibility index (Phi) is 5.61. The van der Waals surface area contributed by atoms with Crippen LogP contribution < -0.4 is 10.1 Å². The van der Waals surface area contributed by atoms with E-state index in [9.17, 15) is 13.6 Å². The number of esters is 1. The number of benzene rings is 1. The Morgan fingerprint density at radius 2 is 2.00 bits per heavy atom. The fraction of sp³-hybridized carbons (Fsp3) is 0.348. The number of rotatable bonds is 5. The minimum absolute atomic E-state index is 0.0182. The van der Waals surface area contributed by atoms with E-state index in [0.717, 1.165) is 54.8 Å². The van der Waals surface area contributed by atoms with Gasteiger partial charge in [-0.05, 0) is 62.4 Å². The minimum atomic E-state index is -0.774. The third-order valence-corrected chi connectivity index (χ3v) is 5.53. The highest BCUT2D eigenvalue weighted by Gasteiger charge is 2.37. The number of furan rings is 1. The Morgan fingerprint density at radius 3 is 2.77 bits per heavy atom.